The van der Waals surface area contributed by atoms with Crippen molar-refractivity contribution in [1.82, 2.24) is 5.32 Å². The lowest BCUT2D eigenvalue weighted by molar-refractivity contribution is 0.0970. The van der Waals surface area contributed by atoms with Crippen molar-refractivity contribution in [2.24, 2.45) is 0 Å². The lowest BCUT2D eigenvalue weighted by Crippen LogP contribution is -2.12. The van der Waals surface area contributed by atoms with Crippen LogP contribution in [0.5, 0.6) is 0 Å². The van der Waals surface area contributed by atoms with Crippen LogP contribution in [0, 0.1) is 0 Å². The Morgan fingerprint density at radius 1 is 1.20 bits per heavy atom. The van der Waals surface area contributed by atoms with E-state index in [0.29, 0.717) is 0 Å². The maximum atomic E-state index is 9.22. The molecule has 0 saturated carbocycles. The molecule has 0 saturated heterocycles. The van der Waals surface area contributed by atoms with E-state index in [2.05, 4.69) is 0 Å². The fourth-order valence-corrected chi connectivity index (χ4v) is 0.0417. The summed E-state index contributed by atoms with van der Waals surface area (Å²) < 4.78 is 0. The van der Waals surface area contributed by atoms with E-state index in [1.165, 1.54) is 0 Å². The minimum atomic E-state index is -0.469. The highest BCUT2D eigenvalue weighted by atomic mass is 16.3. The molecule has 0 unspecified atom stereocenters. The smallest absolute Gasteiger partial charge is 0.134 e. The van der Waals surface area contributed by atoms with Crippen LogP contribution in [-0.4, -0.2) is 13.5 Å². The molecule has 30 valence electrons. The van der Waals surface area contributed by atoms with Gasteiger partial charge in [0.1, 0.15) is 13.5 Å². The highest BCUT2D eigenvalue weighted by molar-refractivity contribution is 4.09. The highest BCUT2D eigenvalue weighted by Crippen LogP contribution is 1.40. The number of rotatable bonds is 2. The van der Waals surface area contributed by atoms with Gasteiger partial charge >= 0.3 is 0 Å². The van der Waals surface area contributed by atoms with Gasteiger partial charge in [-0.25, -0.2) is 10.2 Å². The third kappa shape index (κ3) is 3.88. The summed E-state index contributed by atoms with van der Waals surface area (Å²) in [6, 6.07) is 0. The van der Waals surface area contributed by atoms with Gasteiger partial charge in [0.25, 0.3) is 0 Å². The first kappa shape index (κ1) is 4.88. The van der Waals surface area contributed by atoms with E-state index in [0.717, 1.165) is 0 Å². The minimum Gasteiger partial charge on any atom is -0.267 e. The zero-order chi connectivity index (χ0) is 4.12. The van der Waals surface area contributed by atoms with E-state index in [9.17, 15) is 10.2 Å². The Kier molecular flexibility index (Phi) is 3.79. The van der Waals surface area contributed by atoms with Crippen molar-refractivity contribution < 1.29 is 10.2 Å². The minimum absolute atomic E-state index is 0.469. The molecule has 0 rings (SSSR count). The van der Waals surface area contributed by atoms with Crippen molar-refractivity contribution in [2.75, 3.05) is 13.5 Å². The molecule has 3 heteroatoms. The van der Waals surface area contributed by atoms with Crippen molar-refractivity contribution >= 4 is 0 Å². The zero-order valence-electron chi connectivity index (χ0n) is 2.73. The molecule has 0 amide bonds. The molecule has 0 aliphatic rings. The Bertz CT molecular complexity index is 15.1. The average molecular weight is 75.1 g/mol. The van der Waals surface area contributed by atoms with E-state index in [1.807, 2.05) is 5.32 Å². The zero-order valence-corrected chi connectivity index (χ0v) is 2.73. The van der Waals surface area contributed by atoms with E-state index < -0.39 is 13.5 Å². The third-order valence-corrected chi connectivity index (χ3v) is 0.204. The molecule has 0 aliphatic carbocycles. The van der Waals surface area contributed by atoms with Crippen LogP contribution in [0.15, 0.2) is 0 Å². The Labute approximate surface area is 30.2 Å². The number of nitrogens with one attached hydrogen (secondary N) is 1. The van der Waals surface area contributed by atoms with Gasteiger partial charge in [0.15, 0.2) is 0 Å². The monoisotopic (exact) mass is 75.0 g/mol. The molecule has 0 spiro atoms. The fourth-order valence-electron chi connectivity index (χ4n) is 0.0417. The van der Waals surface area contributed by atoms with Crippen LogP contribution in [0.3, 0.4) is 0 Å². The molecule has 0 aromatic carbocycles. The van der Waals surface area contributed by atoms with Gasteiger partial charge in [0.2, 0.25) is 0 Å². The van der Waals surface area contributed by atoms with Gasteiger partial charge in [-0.1, -0.05) is 0 Å². The van der Waals surface area contributed by atoms with Crippen LogP contribution in [0.2, 0.25) is 0 Å². The van der Waals surface area contributed by atoms with Gasteiger partial charge in [0, 0.05) is 0 Å². The molecule has 5 heavy (non-hydrogen) atoms. The van der Waals surface area contributed by atoms with Crippen LogP contribution in [0.1, 0.15) is 0 Å². The van der Waals surface area contributed by atoms with E-state index >= 15 is 0 Å². The molecule has 0 fully saturated rings. The molecule has 0 aromatic heterocycles. The molecule has 3 nitrogen and oxygen atoms in total. The second kappa shape index (κ2) is 3.88. The largest absolute Gasteiger partial charge is 0.267 e. The van der Waals surface area contributed by atoms with Gasteiger partial charge in [-0.05, 0) is 0 Å². The Morgan fingerprint density at radius 2 is 1.60 bits per heavy atom. The first-order chi connectivity index (χ1) is 2.41. The van der Waals surface area contributed by atoms with E-state index in [-0.39, 0.29) is 0 Å². The van der Waals surface area contributed by atoms with Crippen molar-refractivity contribution in [1.29, 1.82) is 0 Å². The van der Waals surface area contributed by atoms with Crippen LogP contribution < -0.4 is 5.32 Å². The average Bonchev–Trinajstić information content (AvgIpc) is 1.41. The summed E-state index contributed by atoms with van der Waals surface area (Å²) in [6.45, 7) is -0.938. The molecule has 0 aliphatic heterocycles. The molecule has 1 N–H and O–H groups in total. The lowest BCUT2D eigenvalue weighted by Gasteiger charge is -1.80. The molecule has 0 bridgehead atoms. The molecular weight excluding hydrogens is 70.0 g/mol. The fraction of sp³-hybridized carbons (Fsp3) is 1.00. The maximum Gasteiger partial charge on any atom is 0.134 e. The van der Waals surface area contributed by atoms with Gasteiger partial charge in [-0.3, -0.25) is 5.32 Å². The topological polar surface area (TPSA) is 51.8 Å². The first-order valence-electron chi connectivity index (χ1n) is 1.28. The predicted molar refractivity (Wildman–Crippen MR) is 14.2 cm³/mol. The quantitative estimate of drug-likeness (QED) is 0.436. The second-order valence-corrected chi connectivity index (χ2v) is 0.539. The van der Waals surface area contributed by atoms with Crippen molar-refractivity contribution in [3.63, 3.8) is 0 Å². The van der Waals surface area contributed by atoms with E-state index in [1.54, 1.807) is 0 Å². The van der Waals surface area contributed by atoms with Crippen molar-refractivity contribution in [3.8, 4) is 0 Å². The standard InChI is InChI=1S/C2H5NO2/c4-1-3-2-5/h3H,1-2H2. The van der Waals surface area contributed by atoms with E-state index in [4.69, 9.17) is 0 Å². The third-order valence-electron chi connectivity index (χ3n) is 0.204. The summed E-state index contributed by atoms with van der Waals surface area (Å²) >= 11 is 0. The van der Waals surface area contributed by atoms with Crippen LogP contribution in [0.4, 0.5) is 0 Å². The summed E-state index contributed by atoms with van der Waals surface area (Å²) in [4.78, 5) is 0. The number of hydrogen-bond donors (Lipinski definition) is 1. The second-order valence-electron chi connectivity index (χ2n) is 0.539. The summed E-state index contributed by atoms with van der Waals surface area (Å²) in [7, 11) is 0. The summed E-state index contributed by atoms with van der Waals surface area (Å²) in [5.41, 5.74) is 0. The van der Waals surface area contributed by atoms with Gasteiger partial charge < -0.3 is 0 Å². The molecular formula is C2H5NO2. The lowest BCUT2D eigenvalue weighted by atomic mass is 11.1. The van der Waals surface area contributed by atoms with Crippen LogP contribution in [0.25, 0.3) is 0 Å². The van der Waals surface area contributed by atoms with Crippen LogP contribution in [-0.2, 0) is 10.2 Å². The van der Waals surface area contributed by atoms with Gasteiger partial charge in [-0.15, -0.1) is 0 Å². The Hall–Kier alpha value is -0.120. The van der Waals surface area contributed by atoms with Crippen molar-refractivity contribution in [3.05, 3.63) is 0 Å². The summed E-state index contributed by atoms with van der Waals surface area (Å²) in [5, 5.41) is 20.4. The van der Waals surface area contributed by atoms with Gasteiger partial charge in [-0.2, -0.15) is 0 Å². The Balaban J connectivity index is 2.19. The highest BCUT2D eigenvalue weighted by Gasteiger charge is 1.69. The molecule has 0 atom stereocenters. The van der Waals surface area contributed by atoms with Crippen molar-refractivity contribution in [2.45, 2.75) is 0 Å². The maximum absolute atomic E-state index is 9.22. The normalized spacial score (nSPS) is 8.40. The SMILES string of the molecule is [O]CNC[O]. The van der Waals surface area contributed by atoms with Gasteiger partial charge in [0.05, 0.1) is 0 Å². The molecule has 0 aromatic rings. The van der Waals surface area contributed by atoms with Crippen LogP contribution >= 0.6 is 0 Å². The predicted octanol–water partition coefficient (Wildman–Crippen LogP) is -0.648. The number of hydrogen-bond acceptors (Lipinski definition) is 1. The molecule has 0 heterocycles. The summed E-state index contributed by atoms with van der Waals surface area (Å²) in [6.07, 6.45) is 0. The molecule has 2 radical (unpaired) electrons. The first-order valence-corrected chi connectivity index (χ1v) is 1.28. The Morgan fingerprint density at radius 3 is 1.60 bits per heavy atom. The summed E-state index contributed by atoms with van der Waals surface area (Å²) in [5.74, 6) is 0.